The van der Waals surface area contributed by atoms with Gasteiger partial charge in [-0.15, -0.1) is 0 Å². The number of carbonyl (C=O) groups is 2. The third-order valence-electron chi connectivity index (χ3n) is 3.56. The highest BCUT2D eigenvalue weighted by atomic mass is 16.5. The van der Waals surface area contributed by atoms with Gasteiger partial charge in [0, 0.05) is 5.69 Å². The summed E-state index contributed by atoms with van der Waals surface area (Å²) < 4.78 is 5.03. The fraction of sp³-hybridized carbons (Fsp3) is 0.222. The third kappa shape index (κ3) is 4.32. The number of nitrogens with one attached hydrogen (secondary N) is 1. The highest BCUT2D eigenvalue weighted by Gasteiger charge is 2.15. The van der Waals surface area contributed by atoms with Gasteiger partial charge in [-0.3, -0.25) is 4.79 Å². The molecule has 0 unspecified atom stereocenters. The molecule has 2 aromatic rings. The van der Waals surface area contributed by atoms with Crippen molar-refractivity contribution in [2.45, 2.75) is 19.9 Å². The van der Waals surface area contributed by atoms with Gasteiger partial charge < -0.3 is 15.8 Å². The molecule has 0 saturated carbocycles. The van der Waals surface area contributed by atoms with Crippen molar-refractivity contribution in [3.8, 4) is 0 Å². The number of carbonyl (C=O) groups excluding carboxylic acids is 2. The molecule has 0 aliphatic rings. The van der Waals surface area contributed by atoms with E-state index in [4.69, 9.17) is 10.5 Å². The second kappa shape index (κ2) is 7.45. The van der Waals surface area contributed by atoms with Gasteiger partial charge >= 0.3 is 5.97 Å². The first kappa shape index (κ1) is 16.5. The molecule has 0 aliphatic carbocycles. The van der Waals surface area contributed by atoms with Crippen molar-refractivity contribution >= 4 is 17.6 Å². The van der Waals surface area contributed by atoms with Gasteiger partial charge in [0.2, 0.25) is 0 Å². The minimum Gasteiger partial charge on any atom is -0.452 e. The predicted molar refractivity (Wildman–Crippen MR) is 88.9 cm³/mol. The Hall–Kier alpha value is -2.82. The van der Waals surface area contributed by atoms with Gasteiger partial charge in [0.1, 0.15) is 0 Å². The molecule has 0 spiro atoms. The number of hydrogen-bond acceptors (Lipinski definition) is 4. The Bertz CT molecular complexity index is 699. The van der Waals surface area contributed by atoms with Crippen LogP contribution in [-0.4, -0.2) is 18.5 Å². The topological polar surface area (TPSA) is 81.4 Å². The first-order valence-corrected chi connectivity index (χ1v) is 7.35. The molecule has 23 heavy (non-hydrogen) atoms. The zero-order valence-electron chi connectivity index (χ0n) is 13.2. The summed E-state index contributed by atoms with van der Waals surface area (Å²) in [6.45, 7) is 3.33. The van der Waals surface area contributed by atoms with Crippen LogP contribution in [0.25, 0.3) is 0 Å². The van der Waals surface area contributed by atoms with E-state index in [-0.39, 0.29) is 24.1 Å². The average molecular weight is 312 g/mol. The Morgan fingerprint density at radius 3 is 2.52 bits per heavy atom. The van der Waals surface area contributed by atoms with E-state index in [9.17, 15) is 9.59 Å². The number of hydrogen-bond donors (Lipinski definition) is 2. The molecule has 1 atom stereocenters. The molecule has 0 bridgehead atoms. The quantitative estimate of drug-likeness (QED) is 0.657. The van der Waals surface area contributed by atoms with E-state index in [1.165, 1.54) is 0 Å². The van der Waals surface area contributed by atoms with Crippen molar-refractivity contribution in [3.63, 3.8) is 0 Å². The van der Waals surface area contributed by atoms with Crippen LogP contribution < -0.4 is 11.1 Å². The number of nitrogen functional groups attached to an aromatic ring is 1. The summed E-state index contributed by atoms with van der Waals surface area (Å²) in [6, 6.07) is 14.5. The van der Waals surface area contributed by atoms with Gasteiger partial charge in [0.15, 0.2) is 6.61 Å². The maximum Gasteiger partial charge on any atom is 0.340 e. The number of aryl methyl sites for hydroxylation is 1. The standard InChI is InChI=1S/C18H20N2O3/c1-12-7-6-10-15(17(12)19)18(22)23-11-16(21)20-13(2)14-8-4-3-5-9-14/h3-10,13H,11,19H2,1-2H3,(H,20,21)/t13-/m1/s1. The van der Waals surface area contributed by atoms with E-state index in [1.807, 2.05) is 37.3 Å². The van der Waals surface area contributed by atoms with Crippen molar-refractivity contribution in [3.05, 3.63) is 65.2 Å². The van der Waals surface area contributed by atoms with Gasteiger partial charge in [-0.2, -0.15) is 0 Å². The number of ether oxygens (including phenoxy) is 1. The van der Waals surface area contributed by atoms with Crippen LogP contribution in [0.1, 0.15) is 34.5 Å². The van der Waals surface area contributed by atoms with Crippen molar-refractivity contribution in [2.75, 3.05) is 12.3 Å². The monoisotopic (exact) mass is 312 g/mol. The molecule has 0 saturated heterocycles. The van der Waals surface area contributed by atoms with Gasteiger partial charge in [0.05, 0.1) is 11.6 Å². The van der Waals surface area contributed by atoms with Crippen LogP contribution in [0.4, 0.5) is 5.69 Å². The van der Waals surface area contributed by atoms with E-state index in [1.54, 1.807) is 25.1 Å². The molecule has 0 fully saturated rings. The summed E-state index contributed by atoms with van der Waals surface area (Å²) >= 11 is 0. The molecule has 0 heterocycles. The average Bonchev–Trinajstić information content (AvgIpc) is 2.56. The number of nitrogens with two attached hydrogens (primary N) is 1. The van der Waals surface area contributed by atoms with Crippen LogP contribution in [0.3, 0.4) is 0 Å². The zero-order chi connectivity index (χ0) is 16.8. The minimum atomic E-state index is -0.603. The number of rotatable bonds is 5. The van der Waals surface area contributed by atoms with Crippen LogP contribution in [0.2, 0.25) is 0 Å². The van der Waals surface area contributed by atoms with Gasteiger partial charge in [-0.05, 0) is 31.0 Å². The van der Waals surface area contributed by atoms with Gasteiger partial charge in [-0.1, -0.05) is 42.5 Å². The van der Waals surface area contributed by atoms with Crippen LogP contribution >= 0.6 is 0 Å². The fourth-order valence-electron chi connectivity index (χ4n) is 2.18. The number of para-hydroxylation sites is 1. The highest BCUT2D eigenvalue weighted by Crippen LogP contribution is 2.17. The van der Waals surface area contributed by atoms with Crippen LogP contribution in [0.5, 0.6) is 0 Å². The Balaban J connectivity index is 1.89. The Morgan fingerprint density at radius 2 is 1.83 bits per heavy atom. The van der Waals surface area contributed by atoms with Gasteiger partial charge in [0.25, 0.3) is 5.91 Å². The van der Waals surface area contributed by atoms with Gasteiger partial charge in [-0.25, -0.2) is 4.79 Å². The number of esters is 1. The molecular weight excluding hydrogens is 292 g/mol. The van der Waals surface area contributed by atoms with Crippen LogP contribution in [0.15, 0.2) is 48.5 Å². The first-order chi connectivity index (χ1) is 11.0. The normalized spacial score (nSPS) is 11.6. The highest BCUT2D eigenvalue weighted by molar-refractivity contribution is 5.96. The molecule has 2 aromatic carbocycles. The molecule has 3 N–H and O–H groups in total. The van der Waals surface area contributed by atoms with Crippen LogP contribution in [0, 0.1) is 6.92 Å². The van der Waals surface area contributed by atoms with Crippen LogP contribution in [-0.2, 0) is 9.53 Å². The molecule has 0 aromatic heterocycles. The van der Waals surface area contributed by atoms with Crippen molar-refractivity contribution in [2.24, 2.45) is 0 Å². The SMILES string of the molecule is Cc1cccc(C(=O)OCC(=O)N[C@H](C)c2ccccc2)c1N. The molecule has 0 radical (unpaired) electrons. The predicted octanol–water partition coefficient (Wildman–Crippen LogP) is 2.61. The number of benzene rings is 2. The molecule has 5 heteroatoms. The second-order valence-electron chi connectivity index (χ2n) is 5.31. The lowest BCUT2D eigenvalue weighted by atomic mass is 10.1. The van der Waals surface area contributed by atoms with E-state index < -0.39 is 5.97 Å². The molecular formula is C18H20N2O3. The molecule has 2 rings (SSSR count). The third-order valence-corrected chi connectivity index (χ3v) is 3.56. The molecule has 1 amide bonds. The fourth-order valence-corrected chi connectivity index (χ4v) is 2.18. The van der Waals surface area contributed by atoms with E-state index in [0.717, 1.165) is 11.1 Å². The minimum absolute atomic E-state index is 0.161. The van der Waals surface area contributed by atoms with Crippen molar-refractivity contribution in [1.29, 1.82) is 0 Å². The lowest BCUT2D eigenvalue weighted by Crippen LogP contribution is -2.31. The second-order valence-corrected chi connectivity index (χ2v) is 5.31. The molecule has 5 nitrogen and oxygen atoms in total. The zero-order valence-corrected chi connectivity index (χ0v) is 13.2. The Kier molecular flexibility index (Phi) is 5.36. The number of amides is 1. The lowest BCUT2D eigenvalue weighted by Gasteiger charge is -2.14. The first-order valence-electron chi connectivity index (χ1n) is 7.35. The summed E-state index contributed by atoms with van der Waals surface area (Å²) in [5, 5.41) is 2.78. The summed E-state index contributed by atoms with van der Waals surface area (Å²) in [7, 11) is 0. The van der Waals surface area contributed by atoms with E-state index in [0.29, 0.717) is 5.69 Å². The summed E-state index contributed by atoms with van der Waals surface area (Å²) in [5.41, 5.74) is 8.26. The molecule has 120 valence electrons. The summed E-state index contributed by atoms with van der Waals surface area (Å²) in [4.78, 5) is 23.9. The number of anilines is 1. The maximum atomic E-state index is 12.0. The van der Waals surface area contributed by atoms with E-state index >= 15 is 0 Å². The lowest BCUT2D eigenvalue weighted by molar-refractivity contribution is -0.124. The van der Waals surface area contributed by atoms with E-state index in [2.05, 4.69) is 5.32 Å². The van der Waals surface area contributed by atoms with Crippen molar-refractivity contribution in [1.82, 2.24) is 5.32 Å². The summed E-state index contributed by atoms with van der Waals surface area (Å²) in [5.74, 6) is -0.963. The maximum absolute atomic E-state index is 12.0. The summed E-state index contributed by atoms with van der Waals surface area (Å²) in [6.07, 6.45) is 0. The smallest absolute Gasteiger partial charge is 0.340 e. The Morgan fingerprint density at radius 1 is 1.13 bits per heavy atom. The molecule has 0 aliphatic heterocycles. The van der Waals surface area contributed by atoms with Crippen molar-refractivity contribution < 1.29 is 14.3 Å². The Labute approximate surface area is 135 Å². The largest absolute Gasteiger partial charge is 0.452 e.